The molecule has 2 aromatic carbocycles. The first kappa shape index (κ1) is 21.4. The lowest BCUT2D eigenvalue weighted by Gasteiger charge is -2.34. The number of aliphatic hydroxyl groups excluding tert-OH is 1. The normalized spacial score (nSPS) is 14.0. The Bertz CT molecular complexity index is 763. The Morgan fingerprint density at radius 3 is 1.86 bits per heavy atom. The molecule has 6 heteroatoms. The Hall–Kier alpha value is -2.86. The van der Waals surface area contributed by atoms with Crippen molar-refractivity contribution in [2.24, 2.45) is 5.92 Å². The summed E-state index contributed by atoms with van der Waals surface area (Å²) >= 11 is 0. The summed E-state index contributed by atoms with van der Waals surface area (Å²) in [6.07, 6.45) is -1.96. The van der Waals surface area contributed by atoms with Gasteiger partial charge in [-0.3, -0.25) is 0 Å². The van der Waals surface area contributed by atoms with Crippen LogP contribution in [-0.2, 0) is 27.5 Å². The molecule has 0 saturated heterocycles. The van der Waals surface area contributed by atoms with E-state index in [9.17, 15) is 14.7 Å². The van der Waals surface area contributed by atoms with Crippen LogP contribution in [0.1, 0.15) is 31.9 Å². The average molecular weight is 385 g/mol. The molecule has 0 unspecified atom stereocenters. The number of carbonyl (C=O) groups excluding carboxylic acids is 2. The largest absolute Gasteiger partial charge is 0.459 e. The van der Waals surface area contributed by atoms with Gasteiger partial charge >= 0.3 is 12.1 Å². The average Bonchev–Trinajstić information content (AvgIpc) is 2.71. The smallest absolute Gasteiger partial charge is 0.408 e. The zero-order valence-corrected chi connectivity index (χ0v) is 16.4. The molecule has 0 heterocycles. The predicted octanol–water partition coefficient (Wildman–Crippen LogP) is 3.43. The van der Waals surface area contributed by atoms with Gasteiger partial charge in [0.2, 0.25) is 0 Å². The number of alkyl carbamates (subject to hydrolysis) is 1. The minimum absolute atomic E-state index is 0.0425. The molecule has 2 rings (SSSR count). The van der Waals surface area contributed by atoms with Crippen molar-refractivity contribution in [3.63, 3.8) is 0 Å². The molecule has 0 aromatic heterocycles. The van der Waals surface area contributed by atoms with E-state index in [-0.39, 0.29) is 19.1 Å². The number of rotatable bonds is 8. The van der Waals surface area contributed by atoms with Gasteiger partial charge in [0.05, 0.1) is 6.10 Å². The number of aliphatic hydroxyl groups is 1. The number of hydrogen-bond acceptors (Lipinski definition) is 5. The minimum Gasteiger partial charge on any atom is -0.459 e. The van der Waals surface area contributed by atoms with Gasteiger partial charge in [-0.2, -0.15) is 0 Å². The molecule has 0 radical (unpaired) electrons. The first-order valence-electron chi connectivity index (χ1n) is 9.21. The van der Waals surface area contributed by atoms with E-state index in [0.29, 0.717) is 0 Å². The van der Waals surface area contributed by atoms with E-state index in [0.717, 1.165) is 11.1 Å². The fourth-order valence-corrected chi connectivity index (χ4v) is 2.76. The molecule has 0 aliphatic heterocycles. The van der Waals surface area contributed by atoms with E-state index in [1.54, 1.807) is 13.8 Å². The number of hydrogen-bond donors (Lipinski definition) is 2. The molecule has 0 bridgehead atoms. The molecule has 2 atom stereocenters. The van der Waals surface area contributed by atoms with Crippen molar-refractivity contribution in [3.05, 3.63) is 71.8 Å². The molecule has 0 saturated carbocycles. The second-order valence-corrected chi connectivity index (χ2v) is 7.14. The fraction of sp³-hybridized carbons (Fsp3) is 0.364. The van der Waals surface area contributed by atoms with Crippen LogP contribution in [0.2, 0.25) is 0 Å². The lowest BCUT2D eigenvalue weighted by molar-refractivity contribution is -0.158. The third-order valence-corrected chi connectivity index (χ3v) is 4.43. The van der Waals surface area contributed by atoms with Crippen molar-refractivity contribution >= 4 is 12.1 Å². The first-order valence-corrected chi connectivity index (χ1v) is 9.21. The number of carbonyl (C=O) groups is 2. The summed E-state index contributed by atoms with van der Waals surface area (Å²) < 4.78 is 10.6. The van der Waals surface area contributed by atoms with Crippen molar-refractivity contribution in [3.8, 4) is 0 Å². The molecular weight excluding hydrogens is 358 g/mol. The Balaban J connectivity index is 2.04. The van der Waals surface area contributed by atoms with Crippen LogP contribution in [0.4, 0.5) is 4.79 Å². The molecule has 1 amide bonds. The molecule has 0 spiro atoms. The second kappa shape index (κ2) is 9.90. The highest BCUT2D eigenvalue weighted by Crippen LogP contribution is 2.21. The van der Waals surface area contributed by atoms with Crippen molar-refractivity contribution in [1.82, 2.24) is 5.32 Å². The van der Waals surface area contributed by atoms with Gasteiger partial charge in [0, 0.05) is 0 Å². The molecule has 0 fully saturated rings. The SMILES string of the molecule is CC(C)[C@H](O)[C@](C)(NC(=O)OCc1ccccc1)C(=O)OCc1ccccc1. The topological polar surface area (TPSA) is 84.9 Å². The third-order valence-electron chi connectivity index (χ3n) is 4.43. The van der Waals surface area contributed by atoms with Gasteiger partial charge in [0.15, 0.2) is 5.54 Å². The summed E-state index contributed by atoms with van der Waals surface area (Å²) in [6.45, 7) is 5.05. The summed E-state index contributed by atoms with van der Waals surface area (Å²) in [4.78, 5) is 25.0. The molecule has 150 valence electrons. The van der Waals surface area contributed by atoms with Crippen molar-refractivity contribution in [2.45, 2.75) is 45.6 Å². The summed E-state index contributed by atoms with van der Waals surface area (Å²) in [5, 5.41) is 13.1. The molecule has 2 N–H and O–H groups in total. The van der Waals surface area contributed by atoms with Gasteiger partial charge in [0.1, 0.15) is 13.2 Å². The molecule has 0 aliphatic rings. The Morgan fingerprint density at radius 2 is 1.39 bits per heavy atom. The molecule has 2 aromatic rings. The van der Waals surface area contributed by atoms with Crippen LogP contribution < -0.4 is 5.32 Å². The summed E-state index contributed by atoms with van der Waals surface area (Å²) in [7, 11) is 0. The van der Waals surface area contributed by atoms with Gasteiger partial charge in [0.25, 0.3) is 0 Å². The lowest BCUT2D eigenvalue weighted by atomic mass is 9.87. The second-order valence-electron chi connectivity index (χ2n) is 7.14. The van der Waals surface area contributed by atoms with Crippen LogP contribution >= 0.6 is 0 Å². The number of nitrogens with one attached hydrogen (secondary N) is 1. The highest BCUT2D eigenvalue weighted by atomic mass is 16.6. The summed E-state index contributed by atoms with van der Waals surface area (Å²) in [5.41, 5.74) is -0.0178. The van der Waals surface area contributed by atoms with Crippen molar-refractivity contribution < 1.29 is 24.2 Å². The van der Waals surface area contributed by atoms with E-state index >= 15 is 0 Å². The number of esters is 1. The zero-order chi connectivity index (χ0) is 20.6. The van der Waals surface area contributed by atoms with E-state index in [4.69, 9.17) is 9.47 Å². The monoisotopic (exact) mass is 385 g/mol. The van der Waals surface area contributed by atoms with E-state index in [2.05, 4.69) is 5.32 Å². The summed E-state index contributed by atoms with van der Waals surface area (Å²) in [6, 6.07) is 18.4. The van der Waals surface area contributed by atoms with Crippen molar-refractivity contribution in [2.75, 3.05) is 0 Å². The van der Waals surface area contributed by atoms with Crippen molar-refractivity contribution in [1.29, 1.82) is 0 Å². The molecule has 28 heavy (non-hydrogen) atoms. The first-order chi connectivity index (χ1) is 13.3. The van der Waals surface area contributed by atoms with E-state index in [1.165, 1.54) is 6.92 Å². The maximum atomic E-state index is 12.7. The fourth-order valence-electron chi connectivity index (χ4n) is 2.76. The van der Waals surface area contributed by atoms with Crippen LogP contribution in [0.5, 0.6) is 0 Å². The third kappa shape index (κ3) is 5.82. The van der Waals surface area contributed by atoms with Gasteiger partial charge in [-0.1, -0.05) is 74.5 Å². The van der Waals surface area contributed by atoms with E-state index < -0.39 is 23.7 Å². The van der Waals surface area contributed by atoms with Gasteiger partial charge in [-0.05, 0) is 24.0 Å². The van der Waals surface area contributed by atoms with Crippen LogP contribution in [0.3, 0.4) is 0 Å². The predicted molar refractivity (Wildman–Crippen MR) is 105 cm³/mol. The summed E-state index contributed by atoms with van der Waals surface area (Å²) in [5.74, 6) is -1.02. The quantitative estimate of drug-likeness (QED) is 0.680. The van der Waals surface area contributed by atoms with E-state index in [1.807, 2.05) is 60.7 Å². The maximum Gasteiger partial charge on any atom is 0.408 e. The minimum atomic E-state index is -1.64. The van der Waals surface area contributed by atoms with Crippen LogP contribution in [-0.4, -0.2) is 28.8 Å². The van der Waals surface area contributed by atoms with Crippen LogP contribution in [0.25, 0.3) is 0 Å². The lowest BCUT2D eigenvalue weighted by Crippen LogP contribution is -2.62. The van der Waals surface area contributed by atoms with Crippen LogP contribution in [0.15, 0.2) is 60.7 Å². The number of amides is 1. The number of benzene rings is 2. The highest BCUT2D eigenvalue weighted by molar-refractivity contribution is 5.86. The number of ether oxygens (including phenoxy) is 2. The highest BCUT2D eigenvalue weighted by Gasteiger charge is 2.45. The van der Waals surface area contributed by atoms with Gasteiger partial charge in [-0.25, -0.2) is 9.59 Å². The van der Waals surface area contributed by atoms with Gasteiger partial charge < -0.3 is 19.9 Å². The zero-order valence-electron chi connectivity index (χ0n) is 16.4. The Kier molecular flexibility index (Phi) is 7.58. The van der Waals surface area contributed by atoms with Gasteiger partial charge in [-0.15, -0.1) is 0 Å². The molecule has 6 nitrogen and oxygen atoms in total. The Labute approximate surface area is 165 Å². The standard InChI is InChI=1S/C22H27NO5/c1-16(2)19(24)22(3,20(25)27-14-17-10-6-4-7-11-17)23-21(26)28-15-18-12-8-5-9-13-18/h4-13,16,19,24H,14-15H2,1-3H3,(H,23,26)/t19-,22-/m0/s1. The molecule has 0 aliphatic carbocycles. The van der Waals surface area contributed by atoms with Crippen LogP contribution in [0, 0.1) is 5.92 Å². The Morgan fingerprint density at radius 1 is 0.929 bits per heavy atom. The maximum absolute atomic E-state index is 12.7. The molecular formula is C22H27NO5.